The smallest absolute Gasteiger partial charge is 0.452 e. The van der Waals surface area contributed by atoms with Gasteiger partial charge in [-0.1, -0.05) is 0 Å². The van der Waals surface area contributed by atoms with E-state index < -0.39 is 12.0 Å². The van der Waals surface area contributed by atoms with E-state index in [1.807, 2.05) is 0 Å². The number of aryl methyl sites for hydroxylation is 1. The lowest BCUT2D eigenvalue weighted by Gasteiger charge is -2.19. The van der Waals surface area contributed by atoms with E-state index in [-0.39, 0.29) is 10.5 Å². The van der Waals surface area contributed by atoms with Gasteiger partial charge in [0.1, 0.15) is 13.2 Å². The molecule has 112 valence electrons. The summed E-state index contributed by atoms with van der Waals surface area (Å²) in [5, 5.41) is 3.45. The van der Waals surface area contributed by atoms with Gasteiger partial charge in [-0.05, 0) is 24.4 Å². The van der Waals surface area contributed by atoms with Crippen LogP contribution in [0, 0.1) is 4.77 Å². The van der Waals surface area contributed by atoms with Crippen LogP contribution >= 0.6 is 12.2 Å². The SMILES string of the molecule is Cn1nc(C(F)(F)F)n(-c2ccc3c(c2)OCCO3)c1=S. The second-order valence-corrected chi connectivity index (χ2v) is 4.76. The average molecular weight is 317 g/mol. The second kappa shape index (κ2) is 4.76. The fourth-order valence-electron chi connectivity index (χ4n) is 2.05. The molecule has 0 amide bonds. The standard InChI is InChI=1S/C12H10F3N3O2S/c1-17-11(21)18(10(16-17)12(13,14)15)7-2-3-8-9(6-7)20-5-4-19-8/h2-3,6H,4-5H2,1H3. The zero-order chi connectivity index (χ0) is 15.2. The molecule has 2 heterocycles. The van der Waals surface area contributed by atoms with Crippen molar-refractivity contribution < 1.29 is 22.6 Å². The van der Waals surface area contributed by atoms with Crippen molar-refractivity contribution in [3.05, 3.63) is 28.8 Å². The summed E-state index contributed by atoms with van der Waals surface area (Å²) in [5.74, 6) is -0.196. The largest absolute Gasteiger partial charge is 0.486 e. The highest BCUT2D eigenvalue weighted by molar-refractivity contribution is 7.71. The van der Waals surface area contributed by atoms with E-state index in [0.717, 1.165) is 9.25 Å². The molecule has 0 unspecified atom stereocenters. The lowest BCUT2D eigenvalue weighted by molar-refractivity contribution is -0.146. The number of rotatable bonds is 1. The van der Waals surface area contributed by atoms with Crippen LogP contribution in [-0.2, 0) is 13.2 Å². The minimum absolute atomic E-state index is 0.0565. The monoisotopic (exact) mass is 317 g/mol. The van der Waals surface area contributed by atoms with Gasteiger partial charge in [0.05, 0.1) is 5.69 Å². The van der Waals surface area contributed by atoms with Crippen LogP contribution in [0.15, 0.2) is 18.2 Å². The van der Waals surface area contributed by atoms with Crippen molar-refractivity contribution in [2.24, 2.45) is 7.05 Å². The number of hydrogen-bond acceptors (Lipinski definition) is 4. The van der Waals surface area contributed by atoms with Gasteiger partial charge in [-0.15, -0.1) is 5.10 Å². The van der Waals surface area contributed by atoms with E-state index in [2.05, 4.69) is 5.10 Å². The molecule has 0 spiro atoms. The molecule has 1 aromatic carbocycles. The van der Waals surface area contributed by atoms with Crippen LogP contribution in [-0.4, -0.2) is 27.6 Å². The van der Waals surface area contributed by atoms with Gasteiger partial charge < -0.3 is 9.47 Å². The van der Waals surface area contributed by atoms with Crippen molar-refractivity contribution in [3.63, 3.8) is 0 Å². The molecule has 0 fully saturated rings. The third-order valence-corrected chi connectivity index (χ3v) is 3.41. The van der Waals surface area contributed by atoms with E-state index in [4.69, 9.17) is 21.7 Å². The Hall–Kier alpha value is -2.03. The van der Waals surface area contributed by atoms with Gasteiger partial charge >= 0.3 is 6.18 Å². The fourth-order valence-corrected chi connectivity index (χ4v) is 2.28. The summed E-state index contributed by atoms with van der Waals surface area (Å²) in [7, 11) is 1.37. The molecule has 3 rings (SSSR count). The van der Waals surface area contributed by atoms with Crippen LogP contribution in [0.3, 0.4) is 0 Å². The molecular weight excluding hydrogens is 307 g/mol. The summed E-state index contributed by atoms with van der Waals surface area (Å²) in [4.78, 5) is 0. The Morgan fingerprint density at radius 1 is 1.19 bits per heavy atom. The highest BCUT2D eigenvalue weighted by Crippen LogP contribution is 2.35. The predicted octanol–water partition coefficient (Wildman–Crippen LogP) is 2.73. The minimum atomic E-state index is -4.61. The summed E-state index contributed by atoms with van der Waals surface area (Å²) >= 11 is 5.01. The molecule has 5 nitrogen and oxygen atoms in total. The Labute approximate surface area is 122 Å². The summed E-state index contributed by atoms with van der Waals surface area (Å²) in [6, 6.07) is 4.50. The number of ether oxygens (including phenoxy) is 2. The molecule has 0 N–H and O–H groups in total. The Bertz CT molecular complexity index is 751. The molecule has 1 aromatic heterocycles. The number of alkyl halides is 3. The Morgan fingerprint density at radius 2 is 1.86 bits per heavy atom. The number of nitrogens with zero attached hydrogens (tertiary/aromatic N) is 3. The number of benzene rings is 1. The molecule has 0 saturated carbocycles. The van der Waals surface area contributed by atoms with E-state index in [1.54, 1.807) is 6.07 Å². The van der Waals surface area contributed by atoms with Crippen LogP contribution in [0.5, 0.6) is 11.5 Å². The normalized spacial score (nSPS) is 14.3. The van der Waals surface area contributed by atoms with Crippen molar-refractivity contribution in [1.82, 2.24) is 14.3 Å². The number of hydrogen-bond donors (Lipinski definition) is 0. The van der Waals surface area contributed by atoms with Crippen LogP contribution in [0.25, 0.3) is 5.69 Å². The molecule has 21 heavy (non-hydrogen) atoms. The fraction of sp³-hybridized carbons (Fsp3) is 0.333. The van der Waals surface area contributed by atoms with Crippen molar-refractivity contribution in [1.29, 1.82) is 0 Å². The zero-order valence-electron chi connectivity index (χ0n) is 10.8. The molecular formula is C12H10F3N3O2S. The summed E-state index contributed by atoms with van der Waals surface area (Å²) < 4.78 is 51.7. The first-order valence-electron chi connectivity index (χ1n) is 6.01. The summed E-state index contributed by atoms with van der Waals surface area (Å²) in [6.07, 6.45) is -4.61. The molecule has 1 aliphatic rings. The molecule has 0 radical (unpaired) electrons. The molecule has 0 saturated heterocycles. The van der Waals surface area contributed by atoms with Crippen molar-refractivity contribution in [2.75, 3.05) is 13.2 Å². The van der Waals surface area contributed by atoms with E-state index in [0.29, 0.717) is 24.7 Å². The van der Waals surface area contributed by atoms with Crippen LogP contribution in [0.1, 0.15) is 5.82 Å². The van der Waals surface area contributed by atoms with Crippen LogP contribution in [0.4, 0.5) is 13.2 Å². The van der Waals surface area contributed by atoms with Crippen LogP contribution in [0.2, 0.25) is 0 Å². The lowest BCUT2D eigenvalue weighted by atomic mass is 10.2. The van der Waals surface area contributed by atoms with Crippen LogP contribution < -0.4 is 9.47 Å². The van der Waals surface area contributed by atoms with E-state index >= 15 is 0 Å². The van der Waals surface area contributed by atoms with Gasteiger partial charge in [0.25, 0.3) is 0 Å². The van der Waals surface area contributed by atoms with E-state index in [1.165, 1.54) is 19.2 Å². The molecule has 9 heteroatoms. The zero-order valence-corrected chi connectivity index (χ0v) is 11.7. The maximum atomic E-state index is 13.1. The molecule has 0 bridgehead atoms. The average Bonchev–Trinajstić information content (AvgIpc) is 2.74. The van der Waals surface area contributed by atoms with E-state index in [9.17, 15) is 13.2 Å². The predicted molar refractivity (Wildman–Crippen MR) is 69.4 cm³/mol. The first-order chi connectivity index (χ1) is 9.88. The molecule has 1 aliphatic heterocycles. The summed E-state index contributed by atoms with van der Waals surface area (Å²) in [6.45, 7) is 0.757. The maximum Gasteiger partial charge on any atom is 0.452 e. The molecule has 2 aromatic rings. The van der Waals surface area contributed by atoms with Gasteiger partial charge in [0.15, 0.2) is 11.5 Å². The van der Waals surface area contributed by atoms with Crippen molar-refractivity contribution in [2.45, 2.75) is 6.18 Å². The van der Waals surface area contributed by atoms with Gasteiger partial charge in [0, 0.05) is 13.1 Å². The van der Waals surface area contributed by atoms with Gasteiger partial charge in [-0.2, -0.15) is 13.2 Å². The van der Waals surface area contributed by atoms with Gasteiger partial charge in [-0.3, -0.25) is 4.57 Å². The highest BCUT2D eigenvalue weighted by Gasteiger charge is 2.38. The Kier molecular flexibility index (Phi) is 3.16. The van der Waals surface area contributed by atoms with Gasteiger partial charge in [0.2, 0.25) is 10.6 Å². The first kappa shape index (κ1) is 13.9. The third-order valence-electron chi connectivity index (χ3n) is 2.96. The third kappa shape index (κ3) is 2.37. The van der Waals surface area contributed by atoms with Crippen molar-refractivity contribution >= 4 is 12.2 Å². The first-order valence-corrected chi connectivity index (χ1v) is 6.42. The second-order valence-electron chi connectivity index (χ2n) is 4.39. The number of fused-ring (bicyclic) bond motifs is 1. The van der Waals surface area contributed by atoms with Crippen molar-refractivity contribution in [3.8, 4) is 17.2 Å². The molecule has 0 aliphatic carbocycles. The number of aromatic nitrogens is 3. The maximum absolute atomic E-state index is 13.1. The lowest BCUT2D eigenvalue weighted by Crippen LogP contribution is -2.17. The molecule has 0 atom stereocenters. The highest BCUT2D eigenvalue weighted by atomic mass is 32.1. The summed E-state index contributed by atoms with van der Waals surface area (Å²) in [5.41, 5.74) is 0.227. The minimum Gasteiger partial charge on any atom is -0.486 e. The Morgan fingerprint density at radius 3 is 2.52 bits per heavy atom. The number of halogens is 3. The topological polar surface area (TPSA) is 41.2 Å². The quantitative estimate of drug-likeness (QED) is 0.759. The van der Waals surface area contributed by atoms with Gasteiger partial charge in [-0.25, -0.2) is 4.68 Å². The Balaban J connectivity index is 2.19.